The third-order valence-electron chi connectivity index (χ3n) is 4.40. The van der Waals surface area contributed by atoms with Crippen molar-refractivity contribution < 1.29 is 4.74 Å². The van der Waals surface area contributed by atoms with Gasteiger partial charge in [0.1, 0.15) is 0 Å². The summed E-state index contributed by atoms with van der Waals surface area (Å²) in [5.74, 6) is 0. The predicted octanol–water partition coefficient (Wildman–Crippen LogP) is 3.36. The predicted molar refractivity (Wildman–Crippen MR) is 78.6 cm³/mol. The molecule has 20 heavy (non-hydrogen) atoms. The Morgan fingerprint density at radius 3 is 3.00 bits per heavy atom. The maximum absolute atomic E-state index is 8.89. The lowest BCUT2D eigenvalue weighted by Crippen LogP contribution is -2.52. The minimum atomic E-state index is 0.398. The summed E-state index contributed by atoms with van der Waals surface area (Å²) in [4.78, 5) is 2.50. The van der Waals surface area contributed by atoms with Crippen LogP contribution in [0.2, 0.25) is 5.02 Å². The Balaban J connectivity index is 1.74. The van der Waals surface area contributed by atoms with Gasteiger partial charge in [0.05, 0.1) is 24.3 Å². The molecule has 106 valence electrons. The molecule has 1 aromatic rings. The monoisotopic (exact) mass is 290 g/mol. The second-order valence-electron chi connectivity index (χ2n) is 5.65. The van der Waals surface area contributed by atoms with Crippen LogP contribution < -0.4 is 0 Å². The molecule has 2 aliphatic rings. The summed E-state index contributed by atoms with van der Waals surface area (Å²) in [5, 5.41) is 9.59. The van der Waals surface area contributed by atoms with Gasteiger partial charge in [-0.05, 0) is 30.5 Å². The summed E-state index contributed by atoms with van der Waals surface area (Å²) < 4.78 is 5.90. The molecule has 0 bridgehead atoms. The quantitative estimate of drug-likeness (QED) is 0.838. The Hall–Kier alpha value is -1.08. The molecule has 4 heteroatoms. The van der Waals surface area contributed by atoms with E-state index in [1.165, 1.54) is 25.7 Å². The molecule has 0 radical (unpaired) electrons. The third-order valence-corrected chi connectivity index (χ3v) is 4.75. The van der Waals surface area contributed by atoms with E-state index < -0.39 is 0 Å². The van der Waals surface area contributed by atoms with Gasteiger partial charge in [0.15, 0.2) is 0 Å². The summed E-state index contributed by atoms with van der Waals surface area (Å²) >= 11 is 6.29. The van der Waals surface area contributed by atoms with Gasteiger partial charge in [-0.3, -0.25) is 4.90 Å². The number of nitrogens with zero attached hydrogens (tertiary/aromatic N) is 2. The van der Waals surface area contributed by atoms with Crippen LogP contribution >= 0.6 is 11.6 Å². The summed E-state index contributed by atoms with van der Waals surface area (Å²) in [7, 11) is 0. The van der Waals surface area contributed by atoms with Gasteiger partial charge in [0, 0.05) is 24.2 Å². The van der Waals surface area contributed by atoms with Crippen LogP contribution in [0.25, 0.3) is 0 Å². The standard InChI is InChI=1S/C16H19ClN2O/c17-14-9-12(10-18)5-6-13(14)11-19-7-8-20-16-4-2-1-3-15(16)19/h5-6,9,15-16H,1-4,7-8,11H2. The van der Waals surface area contributed by atoms with Crippen molar-refractivity contribution in [2.75, 3.05) is 13.2 Å². The van der Waals surface area contributed by atoms with Crippen molar-refractivity contribution in [1.29, 1.82) is 5.26 Å². The van der Waals surface area contributed by atoms with Gasteiger partial charge in [0.25, 0.3) is 0 Å². The molecular formula is C16H19ClN2O. The van der Waals surface area contributed by atoms with E-state index in [-0.39, 0.29) is 0 Å². The fourth-order valence-electron chi connectivity index (χ4n) is 3.34. The van der Waals surface area contributed by atoms with Crippen molar-refractivity contribution in [3.63, 3.8) is 0 Å². The average Bonchev–Trinajstić information content (AvgIpc) is 2.49. The lowest BCUT2D eigenvalue weighted by atomic mass is 9.90. The van der Waals surface area contributed by atoms with Crippen LogP contribution in [0.4, 0.5) is 0 Å². The van der Waals surface area contributed by atoms with E-state index in [2.05, 4.69) is 11.0 Å². The molecule has 1 heterocycles. The topological polar surface area (TPSA) is 36.3 Å². The lowest BCUT2D eigenvalue weighted by Gasteiger charge is -2.44. The Morgan fingerprint density at radius 1 is 1.35 bits per heavy atom. The lowest BCUT2D eigenvalue weighted by molar-refractivity contribution is -0.0911. The van der Waals surface area contributed by atoms with Crippen molar-refractivity contribution in [3.8, 4) is 6.07 Å². The maximum Gasteiger partial charge on any atom is 0.0992 e. The third kappa shape index (κ3) is 2.83. The van der Waals surface area contributed by atoms with E-state index in [0.29, 0.717) is 22.7 Å². The minimum Gasteiger partial charge on any atom is -0.375 e. The van der Waals surface area contributed by atoms with E-state index in [1.807, 2.05) is 12.1 Å². The zero-order valence-electron chi connectivity index (χ0n) is 11.5. The number of fused-ring (bicyclic) bond motifs is 1. The van der Waals surface area contributed by atoms with Gasteiger partial charge >= 0.3 is 0 Å². The molecule has 1 saturated carbocycles. The molecular weight excluding hydrogens is 272 g/mol. The summed E-state index contributed by atoms with van der Waals surface area (Å²) in [5.41, 5.74) is 1.73. The number of hydrogen-bond acceptors (Lipinski definition) is 3. The molecule has 0 N–H and O–H groups in total. The van der Waals surface area contributed by atoms with E-state index in [0.717, 1.165) is 25.3 Å². The largest absolute Gasteiger partial charge is 0.375 e. The van der Waals surface area contributed by atoms with Crippen molar-refractivity contribution in [1.82, 2.24) is 4.90 Å². The molecule has 1 aromatic carbocycles. The number of ether oxygens (including phenoxy) is 1. The van der Waals surface area contributed by atoms with E-state index in [9.17, 15) is 0 Å². The highest BCUT2D eigenvalue weighted by atomic mass is 35.5. The van der Waals surface area contributed by atoms with Gasteiger partial charge in [-0.2, -0.15) is 5.26 Å². The van der Waals surface area contributed by atoms with Crippen LogP contribution in [0.15, 0.2) is 18.2 Å². The summed E-state index contributed by atoms with van der Waals surface area (Å²) in [6.45, 7) is 2.64. The number of rotatable bonds is 2. The fourth-order valence-corrected chi connectivity index (χ4v) is 3.58. The highest BCUT2D eigenvalue weighted by Gasteiger charge is 2.34. The first-order chi connectivity index (χ1) is 9.78. The van der Waals surface area contributed by atoms with Crippen LogP contribution in [0.5, 0.6) is 0 Å². The van der Waals surface area contributed by atoms with Crippen molar-refractivity contribution >= 4 is 11.6 Å². The molecule has 0 aromatic heterocycles. The van der Waals surface area contributed by atoms with Gasteiger partial charge in [0.2, 0.25) is 0 Å². The van der Waals surface area contributed by atoms with Gasteiger partial charge < -0.3 is 4.74 Å². The second-order valence-corrected chi connectivity index (χ2v) is 6.06. The van der Waals surface area contributed by atoms with Crippen molar-refractivity contribution in [2.24, 2.45) is 0 Å². The van der Waals surface area contributed by atoms with Crippen LogP contribution in [-0.2, 0) is 11.3 Å². The molecule has 1 aliphatic heterocycles. The number of nitriles is 1. The number of hydrogen-bond donors (Lipinski definition) is 0. The van der Waals surface area contributed by atoms with E-state index in [1.54, 1.807) is 6.07 Å². The van der Waals surface area contributed by atoms with Crippen LogP contribution in [0.3, 0.4) is 0 Å². The Morgan fingerprint density at radius 2 is 2.20 bits per heavy atom. The first-order valence-electron chi connectivity index (χ1n) is 7.32. The molecule has 1 aliphatic carbocycles. The first-order valence-corrected chi connectivity index (χ1v) is 7.70. The maximum atomic E-state index is 8.89. The zero-order chi connectivity index (χ0) is 13.9. The van der Waals surface area contributed by atoms with E-state index in [4.69, 9.17) is 21.6 Å². The highest BCUT2D eigenvalue weighted by Crippen LogP contribution is 2.30. The minimum absolute atomic E-state index is 0.398. The molecule has 0 amide bonds. The number of morpholine rings is 1. The van der Waals surface area contributed by atoms with Crippen LogP contribution in [-0.4, -0.2) is 30.2 Å². The van der Waals surface area contributed by atoms with Crippen molar-refractivity contribution in [2.45, 2.75) is 44.4 Å². The average molecular weight is 291 g/mol. The molecule has 3 nitrogen and oxygen atoms in total. The Labute approximate surface area is 125 Å². The molecule has 3 rings (SSSR count). The van der Waals surface area contributed by atoms with Crippen LogP contribution in [0, 0.1) is 11.3 Å². The molecule has 2 fully saturated rings. The summed E-state index contributed by atoms with van der Waals surface area (Å²) in [6.07, 6.45) is 5.38. The van der Waals surface area contributed by atoms with Gasteiger partial charge in [-0.15, -0.1) is 0 Å². The molecule has 1 saturated heterocycles. The Kier molecular flexibility index (Phi) is 4.26. The smallest absolute Gasteiger partial charge is 0.0992 e. The normalized spacial score (nSPS) is 26.8. The molecule has 2 atom stereocenters. The van der Waals surface area contributed by atoms with Crippen LogP contribution in [0.1, 0.15) is 36.8 Å². The van der Waals surface area contributed by atoms with E-state index >= 15 is 0 Å². The molecule has 2 unspecified atom stereocenters. The second kappa shape index (κ2) is 6.13. The number of benzene rings is 1. The van der Waals surface area contributed by atoms with Crippen molar-refractivity contribution in [3.05, 3.63) is 34.3 Å². The number of halogens is 1. The Bertz CT molecular complexity index is 524. The molecule has 0 spiro atoms. The van der Waals surface area contributed by atoms with Gasteiger partial charge in [-0.1, -0.05) is 30.5 Å². The first kappa shape index (κ1) is 13.9. The van der Waals surface area contributed by atoms with Gasteiger partial charge in [-0.25, -0.2) is 0 Å². The fraction of sp³-hybridized carbons (Fsp3) is 0.562. The SMILES string of the molecule is N#Cc1ccc(CN2CCOC3CCCCC32)c(Cl)c1. The highest BCUT2D eigenvalue weighted by molar-refractivity contribution is 6.31. The zero-order valence-corrected chi connectivity index (χ0v) is 12.3. The summed E-state index contributed by atoms with van der Waals surface area (Å²) in [6, 6.07) is 8.24.